The van der Waals surface area contributed by atoms with Gasteiger partial charge in [-0.2, -0.15) is 0 Å². The van der Waals surface area contributed by atoms with Crippen LogP contribution in [-0.4, -0.2) is 33.6 Å². The molecule has 1 aliphatic heterocycles. The molecular formula is C21H18N2O3S. The fourth-order valence-corrected chi connectivity index (χ4v) is 3.55. The minimum atomic E-state index is -1.06. The number of hydrogen-bond acceptors (Lipinski definition) is 4. The Bertz CT molecular complexity index is 962. The highest BCUT2D eigenvalue weighted by Gasteiger charge is 2.32. The van der Waals surface area contributed by atoms with E-state index in [2.05, 4.69) is 11.6 Å². The summed E-state index contributed by atoms with van der Waals surface area (Å²) >= 11 is 1.23. The van der Waals surface area contributed by atoms with Crippen LogP contribution in [0.1, 0.15) is 21.5 Å². The molecule has 0 spiro atoms. The van der Waals surface area contributed by atoms with Gasteiger partial charge in [0.15, 0.2) is 5.17 Å². The van der Waals surface area contributed by atoms with Crippen LogP contribution in [0.5, 0.6) is 0 Å². The lowest BCUT2D eigenvalue weighted by Gasteiger charge is -2.13. The van der Waals surface area contributed by atoms with Gasteiger partial charge in [0.2, 0.25) is 0 Å². The Balaban J connectivity index is 2.00. The van der Waals surface area contributed by atoms with Gasteiger partial charge in [0, 0.05) is 6.54 Å². The molecule has 1 heterocycles. The van der Waals surface area contributed by atoms with E-state index in [-0.39, 0.29) is 11.5 Å². The summed E-state index contributed by atoms with van der Waals surface area (Å²) in [5.74, 6) is -1.23. The van der Waals surface area contributed by atoms with E-state index in [1.165, 1.54) is 22.7 Å². The van der Waals surface area contributed by atoms with Gasteiger partial charge in [-0.15, -0.1) is 6.58 Å². The maximum atomic E-state index is 12.8. The Labute approximate surface area is 161 Å². The smallest absolute Gasteiger partial charge is 0.337 e. The lowest BCUT2D eigenvalue weighted by atomic mass is 10.1. The number of para-hydroxylation sites is 1. The zero-order valence-corrected chi connectivity index (χ0v) is 15.6. The number of carbonyl (C=O) groups excluding carboxylic acids is 1. The van der Waals surface area contributed by atoms with Crippen LogP contribution in [0.2, 0.25) is 0 Å². The van der Waals surface area contributed by atoms with Crippen LogP contribution in [0.15, 0.2) is 71.1 Å². The fraction of sp³-hybridized carbons (Fsp3) is 0.0952. The third-order valence-electron chi connectivity index (χ3n) is 3.93. The fourth-order valence-electron chi connectivity index (χ4n) is 2.55. The molecule has 0 aliphatic carbocycles. The molecule has 27 heavy (non-hydrogen) atoms. The normalized spacial score (nSPS) is 16.9. The molecule has 0 radical (unpaired) electrons. The number of carboxylic acid groups (broad SMARTS) is 1. The quantitative estimate of drug-likeness (QED) is 0.615. The highest BCUT2D eigenvalue weighted by Crippen LogP contribution is 2.34. The first kappa shape index (κ1) is 18.7. The number of benzene rings is 2. The van der Waals surface area contributed by atoms with Crippen LogP contribution in [0.4, 0.5) is 5.69 Å². The highest BCUT2D eigenvalue weighted by atomic mass is 32.2. The number of carboxylic acids is 1. The SMILES string of the molecule is C=CCN1C(=O)/C(=C/c2ccc(C)cc2)SC1=Nc1ccccc1C(=O)O. The molecule has 2 aromatic carbocycles. The van der Waals surface area contributed by atoms with Crippen molar-refractivity contribution in [2.24, 2.45) is 4.99 Å². The minimum Gasteiger partial charge on any atom is -0.478 e. The minimum absolute atomic E-state index is 0.0903. The van der Waals surface area contributed by atoms with Crippen LogP contribution in [-0.2, 0) is 4.79 Å². The Hall–Kier alpha value is -3.12. The summed E-state index contributed by atoms with van der Waals surface area (Å²) in [5.41, 5.74) is 2.46. The Morgan fingerprint density at radius 3 is 2.59 bits per heavy atom. The number of thioether (sulfide) groups is 1. The molecule has 1 amide bonds. The van der Waals surface area contributed by atoms with E-state index in [1.807, 2.05) is 37.3 Å². The molecule has 1 aliphatic rings. The summed E-state index contributed by atoms with van der Waals surface area (Å²) in [7, 11) is 0. The zero-order valence-electron chi connectivity index (χ0n) is 14.8. The summed E-state index contributed by atoms with van der Waals surface area (Å²) in [6.45, 7) is 5.99. The van der Waals surface area contributed by atoms with Gasteiger partial charge in [0.05, 0.1) is 16.2 Å². The van der Waals surface area contributed by atoms with Crippen molar-refractivity contribution in [3.05, 3.63) is 82.8 Å². The van der Waals surface area contributed by atoms with Crippen LogP contribution >= 0.6 is 11.8 Å². The van der Waals surface area contributed by atoms with Gasteiger partial charge in [-0.25, -0.2) is 9.79 Å². The molecule has 0 unspecified atom stereocenters. The second-order valence-corrected chi connectivity index (χ2v) is 6.95. The molecule has 136 valence electrons. The molecule has 0 saturated carbocycles. The van der Waals surface area contributed by atoms with Crippen LogP contribution in [0, 0.1) is 6.92 Å². The Morgan fingerprint density at radius 2 is 1.93 bits per heavy atom. The van der Waals surface area contributed by atoms with Gasteiger partial charge in [-0.3, -0.25) is 9.69 Å². The molecule has 1 saturated heterocycles. The number of aryl methyl sites for hydroxylation is 1. The van der Waals surface area contributed by atoms with Crippen LogP contribution in [0.25, 0.3) is 6.08 Å². The molecular weight excluding hydrogens is 360 g/mol. The number of aliphatic imine (C=N–C) groups is 1. The highest BCUT2D eigenvalue weighted by molar-refractivity contribution is 8.18. The molecule has 0 atom stereocenters. The van der Waals surface area contributed by atoms with Crippen molar-refractivity contribution in [1.29, 1.82) is 0 Å². The first-order chi connectivity index (χ1) is 13.0. The van der Waals surface area contributed by atoms with Gasteiger partial charge < -0.3 is 5.11 Å². The predicted molar refractivity (Wildman–Crippen MR) is 109 cm³/mol. The number of amides is 1. The second kappa shape index (κ2) is 8.05. The maximum Gasteiger partial charge on any atom is 0.337 e. The first-order valence-corrected chi connectivity index (χ1v) is 9.11. The molecule has 1 fully saturated rings. The van der Waals surface area contributed by atoms with Crippen LogP contribution in [0.3, 0.4) is 0 Å². The van der Waals surface area contributed by atoms with Crippen molar-refractivity contribution in [2.75, 3.05) is 6.54 Å². The van der Waals surface area contributed by atoms with Gasteiger partial charge >= 0.3 is 5.97 Å². The summed E-state index contributed by atoms with van der Waals surface area (Å²) in [6, 6.07) is 14.3. The third-order valence-corrected chi connectivity index (χ3v) is 4.93. The van der Waals surface area contributed by atoms with Gasteiger partial charge in [0.1, 0.15) is 0 Å². The number of carbonyl (C=O) groups is 2. The maximum absolute atomic E-state index is 12.8. The largest absolute Gasteiger partial charge is 0.478 e. The van der Waals surface area contributed by atoms with Crippen molar-refractivity contribution in [1.82, 2.24) is 4.90 Å². The molecule has 3 rings (SSSR count). The molecule has 0 bridgehead atoms. The van der Waals surface area contributed by atoms with Crippen molar-refractivity contribution in [2.45, 2.75) is 6.92 Å². The van der Waals surface area contributed by atoms with Gasteiger partial charge in [-0.1, -0.05) is 48.0 Å². The average Bonchev–Trinajstić information content (AvgIpc) is 2.93. The number of hydrogen-bond donors (Lipinski definition) is 1. The molecule has 0 aromatic heterocycles. The summed E-state index contributed by atoms with van der Waals surface area (Å²) in [6.07, 6.45) is 3.43. The monoisotopic (exact) mass is 378 g/mol. The average molecular weight is 378 g/mol. The standard InChI is InChI=1S/C21H18N2O3S/c1-3-12-23-19(24)18(13-15-10-8-14(2)9-11-15)27-21(23)22-17-7-5-4-6-16(17)20(25)26/h3-11,13H,1,12H2,2H3,(H,25,26)/b18-13-,22-21?. The first-order valence-electron chi connectivity index (χ1n) is 8.29. The molecule has 5 nitrogen and oxygen atoms in total. The van der Waals surface area contributed by atoms with Crippen molar-refractivity contribution >= 4 is 40.6 Å². The second-order valence-electron chi connectivity index (χ2n) is 5.94. The third kappa shape index (κ3) is 4.17. The Kier molecular flexibility index (Phi) is 5.57. The van der Waals surface area contributed by atoms with E-state index < -0.39 is 5.97 Å². The number of aromatic carboxylic acids is 1. The van der Waals surface area contributed by atoms with Crippen molar-refractivity contribution in [3.8, 4) is 0 Å². The van der Waals surface area contributed by atoms with Crippen LogP contribution < -0.4 is 0 Å². The zero-order chi connectivity index (χ0) is 19.4. The van der Waals surface area contributed by atoms with Crippen molar-refractivity contribution in [3.63, 3.8) is 0 Å². The van der Waals surface area contributed by atoms with E-state index in [4.69, 9.17) is 0 Å². The summed E-state index contributed by atoms with van der Waals surface area (Å²) < 4.78 is 0. The summed E-state index contributed by atoms with van der Waals surface area (Å²) in [4.78, 5) is 30.7. The topological polar surface area (TPSA) is 70.0 Å². The lowest BCUT2D eigenvalue weighted by molar-refractivity contribution is -0.121. The van der Waals surface area contributed by atoms with Gasteiger partial charge in [-0.05, 0) is 42.5 Å². The van der Waals surface area contributed by atoms with E-state index >= 15 is 0 Å². The van der Waals surface area contributed by atoms with E-state index in [0.29, 0.717) is 22.3 Å². The van der Waals surface area contributed by atoms with E-state index in [0.717, 1.165) is 11.1 Å². The molecule has 6 heteroatoms. The number of nitrogens with zero attached hydrogens (tertiary/aromatic N) is 2. The van der Waals surface area contributed by atoms with E-state index in [9.17, 15) is 14.7 Å². The Morgan fingerprint density at radius 1 is 1.22 bits per heavy atom. The number of rotatable bonds is 5. The number of amidine groups is 1. The van der Waals surface area contributed by atoms with Crippen molar-refractivity contribution < 1.29 is 14.7 Å². The lowest BCUT2D eigenvalue weighted by Crippen LogP contribution is -2.29. The molecule has 2 aromatic rings. The predicted octanol–water partition coefficient (Wildman–Crippen LogP) is 4.48. The van der Waals surface area contributed by atoms with Gasteiger partial charge in [0.25, 0.3) is 5.91 Å². The molecule has 1 N–H and O–H groups in total. The van der Waals surface area contributed by atoms with E-state index in [1.54, 1.807) is 24.3 Å². The summed E-state index contributed by atoms with van der Waals surface area (Å²) in [5, 5.41) is 9.78.